The second-order valence-electron chi connectivity index (χ2n) is 5.95. The van der Waals surface area contributed by atoms with Gasteiger partial charge in [0, 0.05) is 6.42 Å². The number of ether oxygens (including phenoxy) is 1. The van der Waals surface area contributed by atoms with Gasteiger partial charge in [0.15, 0.2) is 0 Å². The van der Waals surface area contributed by atoms with Crippen LogP contribution in [0.5, 0.6) is 5.75 Å². The van der Waals surface area contributed by atoms with Gasteiger partial charge in [0.1, 0.15) is 15.9 Å². The zero-order valence-electron chi connectivity index (χ0n) is 15.3. The number of esters is 1. The van der Waals surface area contributed by atoms with E-state index in [0.29, 0.717) is 6.42 Å². The van der Waals surface area contributed by atoms with Gasteiger partial charge < -0.3 is 9.29 Å². The maximum Gasteiger partial charge on any atom is 1.00 e. The van der Waals surface area contributed by atoms with Crippen molar-refractivity contribution in [2.45, 2.75) is 76.0 Å². The van der Waals surface area contributed by atoms with Crippen molar-refractivity contribution < 1.29 is 52.1 Å². The predicted octanol–water partition coefficient (Wildman–Crippen LogP) is 1.42. The summed E-state index contributed by atoms with van der Waals surface area (Å²) in [4.78, 5) is 11.3. The van der Waals surface area contributed by atoms with Crippen LogP contribution >= 0.6 is 0 Å². The van der Waals surface area contributed by atoms with Crippen molar-refractivity contribution >= 4 is 16.1 Å². The topological polar surface area (TPSA) is 83.5 Å². The SMILES string of the molecule is CCCCCCCCCCCC(=O)Oc1ccccc1S(=O)(=O)[O-].[Na+]. The van der Waals surface area contributed by atoms with Crippen molar-refractivity contribution in [3.8, 4) is 5.75 Å². The molecule has 0 saturated carbocycles. The smallest absolute Gasteiger partial charge is 0.744 e. The van der Waals surface area contributed by atoms with Crippen molar-refractivity contribution in [3.05, 3.63) is 24.3 Å². The molecule has 0 radical (unpaired) electrons. The molecule has 5 nitrogen and oxygen atoms in total. The van der Waals surface area contributed by atoms with Gasteiger partial charge in [-0.15, -0.1) is 0 Å². The summed E-state index contributed by atoms with van der Waals surface area (Å²) in [6, 6.07) is 5.40. The Kier molecular flexibility index (Phi) is 13.5. The first-order valence-corrected chi connectivity index (χ1v) is 10.1. The molecule has 1 rings (SSSR count). The molecule has 0 aromatic heterocycles. The van der Waals surface area contributed by atoms with Gasteiger partial charge in [-0.25, -0.2) is 8.42 Å². The van der Waals surface area contributed by atoms with E-state index in [9.17, 15) is 17.8 Å². The number of carbonyl (C=O) groups excluding carboxylic acids is 1. The average molecular weight is 378 g/mol. The molecule has 0 saturated heterocycles. The van der Waals surface area contributed by atoms with Crippen LogP contribution in [0.3, 0.4) is 0 Å². The van der Waals surface area contributed by atoms with Crippen LogP contribution in [0.15, 0.2) is 29.2 Å². The largest absolute Gasteiger partial charge is 1.00 e. The van der Waals surface area contributed by atoms with Gasteiger partial charge in [-0.2, -0.15) is 0 Å². The van der Waals surface area contributed by atoms with Gasteiger partial charge in [0.05, 0.1) is 4.90 Å². The summed E-state index contributed by atoms with van der Waals surface area (Å²) >= 11 is 0. The average Bonchev–Trinajstić information content (AvgIpc) is 2.53. The molecule has 0 aliphatic heterocycles. The third-order valence-electron chi connectivity index (χ3n) is 3.83. The van der Waals surface area contributed by atoms with Crippen molar-refractivity contribution in [1.29, 1.82) is 0 Å². The summed E-state index contributed by atoms with van der Waals surface area (Å²) in [5.41, 5.74) is 0. The van der Waals surface area contributed by atoms with Crippen LogP contribution in [0.2, 0.25) is 0 Å². The van der Waals surface area contributed by atoms with Gasteiger partial charge in [-0.1, -0.05) is 70.4 Å². The Hall–Kier alpha value is -0.400. The van der Waals surface area contributed by atoms with E-state index >= 15 is 0 Å². The van der Waals surface area contributed by atoms with E-state index < -0.39 is 21.0 Å². The van der Waals surface area contributed by atoms with Gasteiger partial charge >= 0.3 is 35.5 Å². The van der Waals surface area contributed by atoms with Gasteiger partial charge in [-0.05, 0) is 18.6 Å². The number of benzene rings is 1. The summed E-state index contributed by atoms with van der Waals surface area (Å²) in [7, 11) is -4.65. The number of para-hydroxylation sites is 1. The first-order chi connectivity index (χ1) is 11.4. The van der Waals surface area contributed by atoms with E-state index in [2.05, 4.69) is 6.92 Å². The molecule has 0 N–H and O–H groups in total. The third-order valence-corrected chi connectivity index (χ3v) is 4.70. The molecular weight excluding hydrogens is 351 g/mol. The molecular formula is C18H27NaO5S. The Morgan fingerprint density at radius 1 is 0.960 bits per heavy atom. The van der Waals surface area contributed by atoms with Crippen molar-refractivity contribution in [2.24, 2.45) is 0 Å². The Morgan fingerprint density at radius 2 is 1.48 bits per heavy atom. The standard InChI is InChI=1S/C18H28O5S.Na/c1-2-3-4-5-6-7-8-9-10-15-18(19)23-16-13-11-12-14-17(16)24(20,21)22;/h11-14H,2-10,15H2,1H3,(H,20,21,22);/q;+1/p-1. The Morgan fingerprint density at radius 3 is 2.04 bits per heavy atom. The number of carbonyl (C=O) groups is 1. The van der Waals surface area contributed by atoms with Crippen LogP contribution in [0, 0.1) is 0 Å². The maximum absolute atomic E-state index is 11.8. The third kappa shape index (κ3) is 11.0. The quantitative estimate of drug-likeness (QED) is 0.181. The molecule has 0 atom stereocenters. The second-order valence-corrected chi connectivity index (χ2v) is 7.30. The van der Waals surface area contributed by atoms with Crippen molar-refractivity contribution in [3.63, 3.8) is 0 Å². The molecule has 0 aliphatic carbocycles. The van der Waals surface area contributed by atoms with E-state index in [1.54, 1.807) is 0 Å². The normalized spacial score (nSPS) is 11.0. The fraction of sp³-hybridized carbons (Fsp3) is 0.611. The van der Waals surface area contributed by atoms with E-state index in [1.807, 2.05) is 0 Å². The van der Waals surface area contributed by atoms with E-state index in [4.69, 9.17) is 4.74 Å². The van der Waals surface area contributed by atoms with Gasteiger partial charge in [-0.3, -0.25) is 4.79 Å². The number of hydrogen-bond donors (Lipinski definition) is 0. The number of unbranched alkanes of at least 4 members (excludes halogenated alkanes) is 8. The summed E-state index contributed by atoms with van der Waals surface area (Å²) in [6.07, 6.45) is 10.5. The van der Waals surface area contributed by atoms with Crippen LogP contribution in [-0.2, 0) is 14.9 Å². The molecule has 0 spiro atoms. The molecule has 1 aromatic rings. The fourth-order valence-corrected chi connectivity index (χ4v) is 3.10. The van der Waals surface area contributed by atoms with E-state index in [-0.39, 0.29) is 41.7 Å². The van der Waals surface area contributed by atoms with Crippen LogP contribution < -0.4 is 34.3 Å². The molecule has 136 valence electrons. The summed E-state index contributed by atoms with van der Waals surface area (Å²) in [6.45, 7) is 2.20. The van der Waals surface area contributed by atoms with E-state index in [1.165, 1.54) is 56.7 Å². The summed E-state index contributed by atoms with van der Waals surface area (Å²) in [5.74, 6) is -0.692. The van der Waals surface area contributed by atoms with Crippen LogP contribution in [0.25, 0.3) is 0 Å². The zero-order chi connectivity index (χ0) is 17.8. The molecule has 1 aromatic carbocycles. The Balaban J connectivity index is 0.00000576. The van der Waals surface area contributed by atoms with Gasteiger partial charge in [0.25, 0.3) is 0 Å². The van der Waals surface area contributed by atoms with E-state index in [0.717, 1.165) is 18.9 Å². The summed E-state index contributed by atoms with van der Waals surface area (Å²) in [5, 5.41) is 0. The molecule has 0 aliphatic rings. The number of rotatable bonds is 12. The van der Waals surface area contributed by atoms with Crippen LogP contribution in [-0.4, -0.2) is 18.9 Å². The van der Waals surface area contributed by atoms with Crippen LogP contribution in [0.4, 0.5) is 0 Å². The van der Waals surface area contributed by atoms with Gasteiger partial charge in [0.2, 0.25) is 0 Å². The minimum absolute atomic E-state index is 0. The molecule has 0 unspecified atom stereocenters. The molecule has 0 heterocycles. The molecule has 7 heteroatoms. The second kappa shape index (κ2) is 13.8. The first kappa shape index (κ1) is 24.6. The predicted molar refractivity (Wildman–Crippen MR) is 91.9 cm³/mol. The van der Waals surface area contributed by atoms with Crippen LogP contribution in [0.1, 0.15) is 71.1 Å². The summed E-state index contributed by atoms with van der Waals surface area (Å²) < 4.78 is 38.4. The van der Waals surface area contributed by atoms with Crippen molar-refractivity contribution in [1.82, 2.24) is 0 Å². The Labute approximate surface area is 173 Å². The monoisotopic (exact) mass is 378 g/mol. The maximum atomic E-state index is 11.8. The number of hydrogen-bond acceptors (Lipinski definition) is 5. The Bertz CT molecular complexity index is 601. The minimum Gasteiger partial charge on any atom is -0.744 e. The zero-order valence-corrected chi connectivity index (χ0v) is 18.1. The first-order valence-electron chi connectivity index (χ1n) is 8.70. The fourth-order valence-electron chi connectivity index (χ4n) is 2.49. The molecule has 25 heavy (non-hydrogen) atoms. The van der Waals surface area contributed by atoms with Crippen molar-refractivity contribution in [2.75, 3.05) is 0 Å². The molecule has 0 bridgehead atoms. The minimum atomic E-state index is -4.65. The molecule has 0 amide bonds. The molecule has 0 fully saturated rings.